The number of benzene rings is 2. The maximum atomic E-state index is 12.5. The summed E-state index contributed by atoms with van der Waals surface area (Å²) in [5, 5.41) is 10.1. The molecule has 0 bridgehead atoms. The van der Waals surface area contributed by atoms with Gasteiger partial charge in [0.2, 0.25) is 0 Å². The summed E-state index contributed by atoms with van der Waals surface area (Å²) in [4.78, 5) is 29.3. The average molecular weight is 437 g/mol. The smallest absolute Gasteiger partial charge is 0.271 e. The molecule has 0 fully saturated rings. The van der Waals surface area contributed by atoms with Crippen LogP contribution in [0.2, 0.25) is 5.02 Å². The molecule has 0 atom stereocenters. The Bertz CT molecular complexity index is 1250. The third-order valence-electron chi connectivity index (χ3n) is 4.86. The largest absolute Gasteiger partial charge is 0.351 e. The molecule has 0 saturated carbocycles. The molecule has 8 nitrogen and oxygen atoms in total. The van der Waals surface area contributed by atoms with Crippen molar-refractivity contribution in [2.24, 2.45) is 7.05 Å². The molecule has 0 aliphatic carbocycles. The Morgan fingerprint density at radius 1 is 1.06 bits per heavy atom. The molecule has 2 N–H and O–H groups in total. The molecule has 4 rings (SSSR count). The van der Waals surface area contributed by atoms with E-state index in [1.165, 1.54) is 10.7 Å². The lowest BCUT2D eigenvalue weighted by molar-refractivity contribution is 0.0946. The minimum absolute atomic E-state index is 0.227. The molecule has 31 heavy (non-hydrogen) atoms. The Morgan fingerprint density at radius 2 is 1.84 bits per heavy atom. The van der Waals surface area contributed by atoms with Gasteiger partial charge >= 0.3 is 0 Å². The highest BCUT2D eigenvalue weighted by Gasteiger charge is 2.16. The number of carbonyl (C=O) groups is 2. The van der Waals surface area contributed by atoms with Crippen molar-refractivity contribution in [3.05, 3.63) is 77.2 Å². The van der Waals surface area contributed by atoms with Crippen molar-refractivity contribution < 1.29 is 9.59 Å². The van der Waals surface area contributed by atoms with E-state index >= 15 is 0 Å². The first-order chi connectivity index (χ1) is 15.0. The van der Waals surface area contributed by atoms with Gasteiger partial charge in [0.05, 0.1) is 27.9 Å². The van der Waals surface area contributed by atoms with Gasteiger partial charge in [-0.3, -0.25) is 14.3 Å². The number of hydrogen-bond donors (Lipinski definition) is 2. The van der Waals surface area contributed by atoms with E-state index in [-0.39, 0.29) is 17.5 Å². The minimum atomic E-state index is -0.367. The molecule has 0 radical (unpaired) electrons. The third-order valence-corrected chi connectivity index (χ3v) is 5.19. The van der Waals surface area contributed by atoms with Crippen LogP contribution in [0.25, 0.3) is 11.0 Å². The SMILES string of the molecule is Cn1nc(C(=O)NCCCn2cnc3ccccc32)cc1NC(=O)c1ccccc1Cl. The number of para-hydroxylation sites is 2. The number of imidazole rings is 1. The number of hydrogen-bond acceptors (Lipinski definition) is 4. The van der Waals surface area contributed by atoms with E-state index in [0.717, 1.165) is 24.0 Å². The molecule has 0 saturated heterocycles. The van der Waals surface area contributed by atoms with Gasteiger partial charge in [-0.2, -0.15) is 5.10 Å². The quantitative estimate of drug-likeness (QED) is 0.433. The number of nitrogens with one attached hydrogen (secondary N) is 2. The van der Waals surface area contributed by atoms with Crippen LogP contribution in [0.3, 0.4) is 0 Å². The zero-order chi connectivity index (χ0) is 21.8. The highest BCUT2D eigenvalue weighted by Crippen LogP contribution is 2.18. The Kier molecular flexibility index (Phi) is 5.99. The number of anilines is 1. The molecular weight excluding hydrogens is 416 g/mol. The van der Waals surface area contributed by atoms with Crippen molar-refractivity contribution in [2.75, 3.05) is 11.9 Å². The normalized spacial score (nSPS) is 10.9. The van der Waals surface area contributed by atoms with E-state index in [0.29, 0.717) is 22.9 Å². The molecule has 2 amide bonds. The van der Waals surface area contributed by atoms with E-state index in [2.05, 4.69) is 25.3 Å². The predicted octanol–water partition coefficient (Wildman–Crippen LogP) is 3.50. The predicted molar refractivity (Wildman–Crippen MR) is 119 cm³/mol. The van der Waals surface area contributed by atoms with E-state index in [1.807, 2.05) is 24.3 Å². The van der Waals surface area contributed by atoms with Gasteiger partial charge < -0.3 is 15.2 Å². The molecular formula is C22H21ClN6O2. The van der Waals surface area contributed by atoms with Crippen LogP contribution in [0.1, 0.15) is 27.3 Å². The van der Waals surface area contributed by atoms with Crippen molar-refractivity contribution in [2.45, 2.75) is 13.0 Å². The second-order valence-corrected chi connectivity index (χ2v) is 7.42. The highest BCUT2D eigenvalue weighted by atomic mass is 35.5. The molecule has 0 spiro atoms. The fraction of sp³-hybridized carbons (Fsp3) is 0.182. The summed E-state index contributed by atoms with van der Waals surface area (Å²) in [7, 11) is 1.66. The fourth-order valence-electron chi connectivity index (χ4n) is 3.25. The fourth-order valence-corrected chi connectivity index (χ4v) is 3.48. The number of rotatable bonds is 7. The van der Waals surface area contributed by atoms with Crippen LogP contribution in [0, 0.1) is 0 Å². The Balaban J connectivity index is 1.32. The van der Waals surface area contributed by atoms with Gasteiger partial charge in [-0.05, 0) is 30.7 Å². The number of aryl methyl sites for hydroxylation is 2. The van der Waals surface area contributed by atoms with Crippen molar-refractivity contribution in [1.82, 2.24) is 24.6 Å². The maximum Gasteiger partial charge on any atom is 0.271 e. The number of amides is 2. The second kappa shape index (κ2) is 9.01. The first-order valence-electron chi connectivity index (χ1n) is 9.81. The zero-order valence-electron chi connectivity index (χ0n) is 16.9. The van der Waals surface area contributed by atoms with Crippen LogP contribution in [0.5, 0.6) is 0 Å². The molecule has 9 heteroatoms. The van der Waals surface area contributed by atoms with Crippen molar-refractivity contribution in [3.8, 4) is 0 Å². The van der Waals surface area contributed by atoms with Crippen LogP contribution in [0.15, 0.2) is 60.9 Å². The van der Waals surface area contributed by atoms with E-state index in [4.69, 9.17) is 11.6 Å². The maximum absolute atomic E-state index is 12.5. The first kappa shape index (κ1) is 20.6. The number of halogens is 1. The van der Waals surface area contributed by atoms with Gasteiger partial charge in [-0.15, -0.1) is 0 Å². The lowest BCUT2D eigenvalue weighted by Gasteiger charge is -2.06. The zero-order valence-corrected chi connectivity index (χ0v) is 17.6. The summed E-state index contributed by atoms with van der Waals surface area (Å²) < 4.78 is 3.51. The number of fused-ring (bicyclic) bond motifs is 1. The summed E-state index contributed by atoms with van der Waals surface area (Å²) in [5.41, 5.74) is 2.59. The molecule has 0 unspecified atom stereocenters. The third kappa shape index (κ3) is 4.59. The molecule has 0 aliphatic heterocycles. The first-order valence-corrected chi connectivity index (χ1v) is 10.2. The van der Waals surface area contributed by atoms with Crippen LogP contribution < -0.4 is 10.6 Å². The van der Waals surface area contributed by atoms with Crippen molar-refractivity contribution in [1.29, 1.82) is 0 Å². The van der Waals surface area contributed by atoms with Gasteiger partial charge in [-0.25, -0.2) is 4.98 Å². The van der Waals surface area contributed by atoms with Crippen LogP contribution in [-0.2, 0) is 13.6 Å². The van der Waals surface area contributed by atoms with Gasteiger partial charge in [0.25, 0.3) is 11.8 Å². The summed E-state index contributed by atoms with van der Waals surface area (Å²) in [6, 6.07) is 16.2. The Morgan fingerprint density at radius 3 is 2.68 bits per heavy atom. The Hall–Kier alpha value is -3.65. The summed E-state index contributed by atoms with van der Waals surface area (Å²) in [5.74, 6) is -0.266. The van der Waals surface area contributed by atoms with E-state index < -0.39 is 0 Å². The van der Waals surface area contributed by atoms with E-state index in [1.54, 1.807) is 37.6 Å². The minimum Gasteiger partial charge on any atom is -0.351 e. The van der Waals surface area contributed by atoms with Crippen molar-refractivity contribution in [3.63, 3.8) is 0 Å². The summed E-state index contributed by atoms with van der Waals surface area (Å²) in [6.45, 7) is 1.23. The van der Waals surface area contributed by atoms with E-state index in [9.17, 15) is 9.59 Å². The molecule has 4 aromatic rings. The van der Waals surface area contributed by atoms with Gasteiger partial charge in [0.15, 0.2) is 5.69 Å². The standard InChI is InChI=1S/C22H21ClN6O2/c1-28-20(26-21(30)15-7-2-3-8-16(15)23)13-18(27-28)22(31)24-11-6-12-29-14-25-17-9-4-5-10-19(17)29/h2-5,7-10,13-14H,6,11-12H2,1H3,(H,24,31)(H,26,30). The highest BCUT2D eigenvalue weighted by molar-refractivity contribution is 6.34. The van der Waals surface area contributed by atoms with Gasteiger partial charge in [0, 0.05) is 26.2 Å². The molecule has 2 aromatic carbocycles. The van der Waals surface area contributed by atoms with Gasteiger partial charge in [0.1, 0.15) is 5.82 Å². The molecule has 0 aliphatic rings. The molecule has 2 aromatic heterocycles. The number of carbonyl (C=O) groups excluding carboxylic acids is 2. The lowest BCUT2D eigenvalue weighted by Crippen LogP contribution is -2.25. The summed E-state index contributed by atoms with van der Waals surface area (Å²) in [6.07, 6.45) is 2.55. The van der Waals surface area contributed by atoms with Gasteiger partial charge in [-0.1, -0.05) is 35.9 Å². The van der Waals surface area contributed by atoms with Crippen molar-refractivity contribution >= 4 is 40.3 Å². The average Bonchev–Trinajstić information content (AvgIpc) is 3.35. The number of aromatic nitrogens is 4. The summed E-state index contributed by atoms with van der Waals surface area (Å²) >= 11 is 6.07. The monoisotopic (exact) mass is 436 g/mol. The topological polar surface area (TPSA) is 93.8 Å². The lowest BCUT2D eigenvalue weighted by atomic mass is 10.2. The van der Waals surface area contributed by atoms with Crippen LogP contribution >= 0.6 is 11.6 Å². The number of nitrogens with zero attached hydrogens (tertiary/aromatic N) is 4. The molecule has 2 heterocycles. The second-order valence-electron chi connectivity index (χ2n) is 7.01. The molecule has 158 valence electrons. The van der Waals surface area contributed by atoms with Crippen LogP contribution in [0.4, 0.5) is 5.82 Å². The Labute approximate surface area is 183 Å². The van der Waals surface area contributed by atoms with Crippen LogP contribution in [-0.4, -0.2) is 37.7 Å².